The normalized spacial score (nSPS) is 19.3. The number of amides is 2. The van der Waals surface area contributed by atoms with E-state index in [9.17, 15) is 22.8 Å². The van der Waals surface area contributed by atoms with Crippen LogP contribution in [0.15, 0.2) is 11.8 Å². The summed E-state index contributed by atoms with van der Waals surface area (Å²) in [6, 6.07) is 0.149. The molecule has 0 bridgehead atoms. The molecule has 1 aliphatic heterocycles. The summed E-state index contributed by atoms with van der Waals surface area (Å²) in [6.45, 7) is -1.28. The lowest BCUT2D eigenvalue weighted by molar-refractivity contribution is -0.124. The lowest BCUT2D eigenvalue weighted by atomic mass is 10.1. The minimum atomic E-state index is -4.43. The molecule has 1 saturated heterocycles. The van der Waals surface area contributed by atoms with Gasteiger partial charge in [-0.2, -0.15) is 32.8 Å². The van der Waals surface area contributed by atoms with Gasteiger partial charge in [-0.15, -0.1) is 0 Å². The first-order valence-electron chi connectivity index (χ1n) is 9.16. The van der Waals surface area contributed by atoms with Crippen molar-refractivity contribution in [2.24, 2.45) is 0 Å². The summed E-state index contributed by atoms with van der Waals surface area (Å²) in [4.78, 5) is 31.7. The number of rotatable bonds is 5. The fourth-order valence-electron chi connectivity index (χ4n) is 3.42. The molecule has 2 amide bonds. The van der Waals surface area contributed by atoms with Crippen molar-refractivity contribution in [2.75, 3.05) is 17.2 Å². The third-order valence-electron chi connectivity index (χ3n) is 4.76. The number of imide groups is 1. The van der Waals surface area contributed by atoms with Gasteiger partial charge in [0.05, 0.1) is 12.6 Å². The highest BCUT2D eigenvalue weighted by atomic mass is 19.4. The van der Waals surface area contributed by atoms with Gasteiger partial charge in [0.1, 0.15) is 6.54 Å². The largest absolute Gasteiger partial charge is 0.405 e. The summed E-state index contributed by atoms with van der Waals surface area (Å²) in [7, 11) is 0. The van der Waals surface area contributed by atoms with Crippen molar-refractivity contribution < 1.29 is 22.8 Å². The van der Waals surface area contributed by atoms with E-state index in [0.29, 0.717) is 5.56 Å². The van der Waals surface area contributed by atoms with Gasteiger partial charge >= 0.3 is 6.18 Å². The highest BCUT2D eigenvalue weighted by Crippen LogP contribution is 2.24. The molecule has 12 heteroatoms. The van der Waals surface area contributed by atoms with Gasteiger partial charge in [0.25, 0.3) is 5.91 Å². The lowest BCUT2D eigenvalue weighted by Crippen LogP contribution is -2.24. The van der Waals surface area contributed by atoms with E-state index in [-0.39, 0.29) is 35.6 Å². The van der Waals surface area contributed by atoms with Gasteiger partial charge in [-0.25, -0.2) is 0 Å². The van der Waals surface area contributed by atoms with Crippen LogP contribution in [0.3, 0.4) is 0 Å². The molecule has 0 aromatic carbocycles. The zero-order chi connectivity index (χ0) is 20.6. The number of aromatic nitrogens is 4. The molecule has 0 unspecified atom stereocenters. The van der Waals surface area contributed by atoms with Gasteiger partial charge in [0.2, 0.25) is 17.8 Å². The lowest BCUT2D eigenvalue weighted by Gasteiger charge is -2.15. The van der Waals surface area contributed by atoms with Crippen LogP contribution in [-0.4, -0.2) is 50.2 Å². The van der Waals surface area contributed by atoms with Crippen LogP contribution in [0.1, 0.15) is 37.7 Å². The summed E-state index contributed by atoms with van der Waals surface area (Å²) in [5.41, 5.74) is 0.861. The minimum absolute atomic E-state index is 0.0758. The molecule has 1 saturated carbocycles. The number of carbonyl (C=O) groups excluding carboxylic acids is 2. The van der Waals surface area contributed by atoms with Crippen LogP contribution in [0.5, 0.6) is 0 Å². The zero-order valence-corrected chi connectivity index (χ0v) is 15.2. The molecular weight excluding hydrogens is 391 g/mol. The van der Waals surface area contributed by atoms with E-state index >= 15 is 0 Å². The number of anilines is 2. The Balaban J connectivity index is 1.72. The topological polar surface area (TPSA) is 113 Å². The quantitative estimate of drug-likeness (QED) is 0.510. The van der Waals surface area contributed by atoms with Crippen LogP contribution >= 0.6 is 0 Å². The van der Waals surface area contributed by atoms with E-state index in [1.165, 1.54) is 12.3 Å². The maximum Gasteiger partial charge on any atom is 0.405 e. The summed E-state index contributed by atoms with van der Waals surface area (Å²) >= 11 is 0. The van der Waals surface area contributed by atoms with Crippen LogP contribution in [0.2, 0.25) is 0 Å². The molecule has 2 aliphatic rings. The summed E-state index contributed by atoms with van der Waals surface area (Å²) in [6.07, 6.45) is 2.30. The molecular formula is C17H18F3N7O2. The SMILES string of the molecule is O=C1C/C(=C\c2cnn3c(NCC(F)(F)F)nc(NC4CCCC4)nc23)C(=O)N1. The van der Waals surface area contributed by atoms with E-state index < -0.39 is 24.5 Å². The first-order valence-corrected chi connectivity index (χ1v) is 9.16. The van der Waals surface area contributed by atoms with Crippen LogP contribution in [-0.2, 0) is 9.59 Å². The molecule has 0 spiro atoms. The third-order valence-corrected chi connectivity index (χ3v) is 4.76. The second kappa shape index (κ2) is 7.33. The van der Waals surface area contributed by atoms with E-state index in [2.05, 4.69) is 31.0 Å². The highest BCUT2D eigenvalue weighted by Gasteiger charge is 2.28. The highest BCUT2D eigenvalue weighted by molar-refractivity contribution is 6.15. The Morgan fingerprint density at radius 3 is 2.66 bits per heavy atom. The molecule has 2 aromatic rings. The summed E-state index contributed by atoms with van der Waals surface area (Å²) in [5, 5.41) is 11.6. The Hall–Kier alpha value is -3.18. The Morgan fingerprint density at radius 1 is 1.24 bits per heavy atom. The van der Waals surface area contributed by atoms with E-state index in [1.54, 1.807) is 0 Å². The van der Waals surface area contributed by atoms with E-state index in [1.807, 2.05) is 0 Å². The smallest absolute Gasteiger partial charge is 0.351 e. The number of nitrogens with one attached hydrogen (secondary N) is 3. The molecule has 1 aliphatic carbocycles. The fraction of sp³-hybridized carbons (Fsp3) is 0.471. The van der Waals surface area contributed by atoms with Gasteiger partial charge in [-0.1, -0.05) is 12.8 Å². The van der Waals surface area contributed by atoms with Crippen molar-refractivity contribution in [3.05, 3.63) is 17.3 Å². The fourth-order valence-corrected chi connectivity index (χ4v) is 3.42. The number of hydrogen-bond acceptors (Lipinski definition) is 7. The second-order valence-corrected chi connectivity index (χ2v) is 7.02. The summed E-state index contributed by atoms with van der Waals surface area (Å²) in [5.74, 6) is -0.864. The zero-order valence-electron chi connectivity index (χ0n) is 15.2. The van der Waals surface area contributed by atoms with Crippen molar-refractivity contribution in [3.8, 4) is 0 Å². The average molecular weight is 409 g/mol. The van der Waals surface area contributed by atoms with Gasteiger partial charge in [0.15, 0.2) is 5.65 Å². The molecule has 29 heavy (non-hydrogen) atoms. The monoisotopic (exact) mass is 409 g/mol. The van der Waals surface area contributed by atoms with Crippen LogP contribution in [0.4, 0.5) is 25.1 Å². The number of carbonyl (C=O) groups is 2. The van der Waals surface area contributed by atoms with Crippen molar-refractivity contribution in [2.45, 2.75) is 44.3 Å². The molecule has 0 atom stereocenters. The number of hydrogen-bond donors (Lipinski definition) is 3. The molecule has 3 N–H and O–H groups in total. The van der Waals surface area contributed by atoms with E-state index in [4.69, 9.17) is 0 Å². The number of fused-ring (bicyclic) bond motifs is 1. The summed E-state index contributed by atoms with van der Waals surface area (Å²) < 4.78 is 39.2. The molecule has 3 heterocycles. The van der Waals surface area contributed by atoms with Gasteiger partial charge < -0.3 is 10.6 Å². The Bertz CT molecular complexity index is 993. The van der Waals surface area contributed by atoms with Crippen molar-refractivity contribution in [1.82, 2.24) is 24.9 Å². The van der Waals surface area contributed by atoms with Gasteiger partial charge in [0, 0.05) is 17.2 Å². The molecule has 154 valence electrons. The van der Waals surface area contributed by atoms with Crippen LogP contribution in [0.25, 0.3) is 11.7 Å². The molecule has 2 aromatic heterocycles. The first-order chi connectivity index (χ1) is 13.8. The van der Waals surface area contributed by atoms with Gasteiger partial charge in [-0.3, -0.25) is 14.9 Å². The number of nitrogens with zero attached hydrogens (tertiary/aromatic N) is 4. The van der Waals surface area contributed by atoms with Crippen LogP contribution < -0.4 is 16.0 Å². The van der Waals surface area contributed by atoms with E-state index in [0.717, 1.165) is 30.2 Å². The van der Waals surface area contributed by atoms with Crippen LogP contribution in [0, 0.1) is 0 Å². The first kappa shape index (κ1) is 19.2. The third kappa shape index (κ3) is 4.30. The average Bonchev–Trinajstić information content (AvgIpc) is 3.35. The Labute approximate surface area is 162 Å². The maximum atomic E-state index is 12.7. The predicted molar refractivity (Wildman–Crippen MR) is 96.9 cm³/mol. The molecule has 2 fully saturated rings. The molecule has 0 radical (unpaired) electrons. The number of alkyl halides is 3. The maximum absolute atomic E-state index is 12.7. The number of halogens is 3. The molecule has 9 nitrogen and oxygen atoms in total. The standard InChI is InChI=1S/C17H18F3N7O2/c18-17(19,20)8-21-16-26-15(23-11-3-1-2-4-11)25-13-10(7-22-27(13)16)5-9-6-12(28)24-14(9)29/h5,7,11H,1-4,6,8H2,(H,24,28,29)(H2,21,23,25,26)/b9-5+. The minimum Gasteiger partial charge on any atom is -0.351 e. The Morgan fingerprint density at radius 2 is 2.00 bits per heavy atom. The van der Waals surface area contributed by atoms with Crippen molar-refractivity contribution in [3.63, 3.8) is 0 Å². The van der Waals surface area contributed by atoms with Crippen molar-refractivity contribution in [1.29, 1.82) is 0 Å². The van der Waals surface area contributed by atoms with Gasteiger partial charge in [-0.05, 0) is 18.9 Å². The Kier molecular flexibility index (Phi) is 4.84. The van der Waals surface area contributed by atoms with Crippen molar-refractivity contribution >= 4 is 35.4 Å². The second-order valence-electron chi connectivity index (χ2n) is 7.02. The molecule has 4 rings (SSSR count). The predicted octanol–water partition coefficient (Wildman–Crippen LogP) is 1.88.